The van der Waals surface area contributed by atoms with Gasteiger partial charge in [0.25, 0.3) is 5.91 Å². The van der Waals surface area contributed by atoms with E-state index in [1.807, 2.05) is 0 Å². The third-order valence-electron chi connectivity index (χ3n) is 3.79. The largest absolute Gasteiger partial charge is 0.347 e. The van der Waals surface area contributed by atoms with Crippen LogP contribution in [0.3, 0.4) is 0 Å². The third-order valence-corrected chi connectivity index (χ3v) is 3.79. The van der Waals surface area contributed by atoms with Gasteiger partial charge in [-0.15, -0.1) is 0 Å². The normalized spacial score (nSPS) is 13.3. The second-order valence-electron chi connectivity index (χ2n) is 5.61. The molecular weight excluding hydrogens is 321 g/mol. The zero-order valence-corrected chi connectivity index (χ0v) is 13.5. The fourth-order valence-corrected chi connectivity index (χ4v) is 2.21. The zero-order chi connectivity index (χ0) is 17.5. The number of benzene rings is 1. The fourth-order valence-electron chi connectivity index (χ4n) is 2.21. The number of hydrogen-bond donors (Lipinski definition) is 1. The number of aromatic nitrogens is 4. The standard InChI is InChI=1S/C12H13N5O.C6H5F.H2/c18-12(15-9-2-1-3-9)11-14-5-4-10(16-11)17-7-6-13-8-17;7-6-4-2-1-3-5-6;/h4-9H,1-3H2,(H,15,18);1-5H;1H. The summed E-state index contributed by atoms with van der Waals surface area (Å²) in [5.74, 6) is 0.457. The van der Waals surface area contributed by atoms with Crippen LogP contribution in [0.15, 0.2) is 61.3 Å². The number of halogens is 1. The number of rotatable bonds is 3. The summed E-state index contributed by atoms with van der Waals surface area (Å²) < 4.78 is 13.6. The summed E-state index contributed by atoms with van der Waals surface area (Å²) in [5, 5.41) is 2.92. The summed E-state index contributed by atoms with van der Waals surface area (Å²) >= 11 is 0. The Morgan fingerprint density at radius 2 is 2.00 bits per heavy atom. The molecule has 1 saturated carbocycles. The van der Waals surface area contributed by atoms with Crippen molar-refractivity contribution >= 4 is 5.91 Å². The highest BCUT2D eigenvalue weighted by molar-refractivity contribution is 5.90. The molecule has 0 aliphatic heterocycles. The van der Waals surface area contributed by atoms with Gasteiger partial charge in [-0.2, -0.15) is 0 Å². The lowest BCUT2D eigenvalue weighted by molar-refractivity contribution is 0.0906. The molecular formula is C18H20FN5O. The van der Waals surface area contributed by atoms with Crippen molar-refractivity contribution in [3.63, 3.8) is 0 Å². The second kappa shape index (κ2) is 8.14. The Bertz CT molecular complexity index is 809. The van der Waals surface area contributed by atoms with E-state index in [-0.39, 0.29) is 25.0 Å². The highest BCUT2D eigenvalue weighted by atomic mass is 19.1. The van der Waals surface area contributed by atoms with Gasteiger partial charge in [0, 0.05) is 26.1 Å². The molecule has 4 rings (SSSR count). The fraction of sp³-hybridized carbons (Fsp3) is 0.222. The maximum Gasteiger partial charge on any atom is 0.289 e. The SMILES string of the molecule is Fc1ccccc1.O=C(NC1CCC1)c1nccc(-n2ccnc2)n1.[HH]. The first-order valence-corrected chi connectivity index (χ1v) is 8.05. The van der Waals surface area contributed by atoms with Gasteiger partial charge in [-0.3, -0.25) is 9.36 Å². The molecule has 2 aromatic heterocycles. The van der Waals surface area contributed by atoms with E-state index < -0.39 is 0 Å². The summed E-state index contributed by atoms with van der Waals surface area (Å²) in [6.45, 7) is 0. The van der Waals surface area contributed by atoms with Crippen molar-refractivity contribution < 1.29 is 10.6 Å². The van der Waals surface area contributed by atoms with Crippen LogP contribution >= 0.6 is 0 Å². The van der Waals surface area contributed by atoms with E-state index >= 15 is 0 Å². The van der Waals surface area contributed by atoms with E-state index in [0.29, 0.717) is 5.82 Å². The van der Waals surface area contributed by atoms with Crippen molar-refractivity contribution in [2.45, 2.75) is 25.3 Å². The number of imidazole rings is 1. The van der Waals surface area contributed by atoms with Gasteiger partial charge in [0.05, 0.1) is 0 Å². The molecule has 1 aliphatic carbocycles. The zero-order valence-electron chi connectivity index (χ0n) is 13.5. The molecule has 1 amide bonds. The Kier molecular flexibility index (Phi) is 5.46. The number of nitrogens with zero attached hydrogens (tertiary/aromatic N) is 4. The predicted molar refractivity (Wildman–Crippen MR) is 92.8 cm³/mol. The smallest absolute Gasteiger partial charge is 0.289 e. The minimum atomic E-state index is -0.207. The monoisotopic (exact) mass is 341 g/mol. The van der Waals surface area contributed by atoms with Crippen molar-refractivity contribution in [3.8, 4) is 5.82 Å². The van der Waals surface area contributed by atoms with Crippen molar-refractivity contribution in [2.24, 2.45) is 0 Å². The second-order valence-corrected chi connectivity index (χ2v) is 5.61. The quantitative estimate of drug-likeness (QED) is 0.795. The van der Waals surface area contributed by atoms with E-state index in [9.17, 15) is 9.18 Å². The average Bonchev–Trinajstić information content (AvgIpc) is 3.14. The molecule has 1 fully saturated rings. The number of carbonyl (C=O) groups excluding carboxylic acids is 1. The van der Waals surface area contributed by atoms with Gasteiger partial charge in [-0.05, 0) is 37.5 Å². The first-order chi connectivity index (χ1) is 12.2. The van der Waals surface area contributed by atoms with Crippen LogP contribution in [0.1, 0.15) is 31.3 Å². The molecule has 3 aromatic rings. The van der Waals surface area contributed by atoms with Crippen molar-refractivity contribution in [2.75, 3.05) is 0 Å². The molecule has 0 atom stereocenters. The van der Waals surface area contributed by atoms with Gasteiger partial charge >= 0.3 is 0 Å². The van der Waals surface area contributed by atoms with Crippen LogP contribution < -0.4 is 5.32 Å². The van der Waals surface area contributed by atoms with Crippen molar-refractivity contribution in [1.82, 2.24) is 24.8 Å². The Balaban J connectivity index is 0.000000258. The molecule has 0 radical (unpaired) electrons. The lowest BCUT2D eigenvalue weighted by Crippen LogP contribution is -2.40. The van der Waals surface area contributed by atoms with E-state index in [4.69, 9.17) is 0 Å². The maximum atomic E-state index is 11.9. The Morgan fingerprint density at radius 3 is 2.56 bits per heavy atom. The summed E-state index contributed by atoms with van der Waals surface area (Å²) in [4.78, 5) is 24.1. The van der Waals surface area contributed by atoms with Crippen molar-refractivity contribution in [3.05, 3.63) is 73.0 Å². The van der Waals surface area contributed by atoms with Gasteiger partial charge < -0.3 is 5.32 Å². The number of amides is 1. The lowest BCUT2D eigenvalue weighted by atomic mass is 9.93. The topological polar surface area (TPSA) is 72.7 Å². The molecule has 0 spiro atoms. The molecule has 7 heteroatoms. The molecule has 6 nitrogen and oxygen atoms in total. The van der Waals surface area contributed by atoms with Crippen LogP contribution in [0.4, 0.5) is 4.39 Å². The number of carbonyl (C=O) groups is 1. The first-order valence-electron chi connectivity index (χ1n) is 8.05. The van der Waals surface area contributed by atoms with Crippen LogP contribution in [0.25, 0.3) is 5.82 Å². The van der Waals surface area contributed by atoms with E-state index in [1.165, 1.54) is 18.6 Å². The van der Waals surface area contributed by atoms with Gasteiger partial charge in [0.1, 0.15) is 18.0 Å². The van der Waals surface area contributed by atoms with Crippen LogP contribution in [-0.4, -0.2) is 31.5 Å². The predicted octanol–water partition coefficient (Wildman–Crippen LogP) is 3.02. The van der Waals surface area contributed by atoms with Gasteiger partial charge in [-0.1, -0.05) is 18.2 Å². The minimum Gasteiger partial charge on any atom is -0.347 e. The first kappa shape index (κ1) is 16.8. The van der Waals surface area contributed by atoms with Gasteiger partial charge in [-0.25, -0.2) is 19.3 Å². The molecule has 25 heavy (non-hydrogen) atoms. The summed E-state index contributed by atoms with van der Waals surface area (Å²) in [6.07, 6.45) is 9.93. The summed E-state index contributed by atoms with van der Waals surface area (Å²) in [5.41, 5.74) is 0. The summed E-state index contributed by atoms with van der Waals surface area (Å²) in [6, 6.07) is 9.97. The molecule has 2 heterocycles. The molecule has 1 aliphatic rings. The minimum absolute atomic E-state index is 0. The van der Waals surface area contributed by atoms with Crippen LogP contribution in [0.2, 0.25) is 0 Å². The molecule has 130 valence electrons. The Labute approximate surface area is 146 Å². The Hall–Kier alpha value is -3.09. The van der Waals surface area contributed by atoms with E-state index in [2.05, 4.69) is 20.3 Å². The number of nitrogens with one attached hydrogen (secondary N) is 1. The Morgan fingerprint density at radius 1 is 1.20 bits per heavy atom. The molecule has 1 aromatic carbocycles. The molecule has 0 unspecified atom stereocenters. The molecule has 1 N–H and O–H groups in total. The highest BCUT2D eigenvalue weighted by Gasteiger charge is 2.21. The molecule has 0 saturated heterocycles. The van der Waals surface area contributed by atoms with Crippen LogP contribution in [0, 0.1) is 5.82 Å². The molecule has 0 bridgehead atoms. The van der Waals surface area contributed by atoms with Crippen LogP contribution in [0.5, 0.6) is 0 Å². The van der Waals surface area contributed by atoms with Gasteiger partial charge in [0.2, 0.25) is 5.82 Å². The third kappa shape index (κ3) is 4.69. The van der Waals surface area contributed by atoms with Gasteiger partial charge in [0.15, 0.2) is 0 Å². The lowest BCUT2D eigenvalue weighted by Gasteiger charge is -2.25. The number of hydrogen-bond acceptors (Lipinski definition) is 4. The average molecular weight is 341 g/mol. The van der Waals surface area contributed by atoms with E-state index in [1.54, 1.807) is 53.8 Å². The van der Waals surface area contributed by atoms with E-state index in [0.717, 1.165) is 12.8 Å². The van der Waals surface area contributed by atoms with Crippen LogP contribution in [-0.2, 0) is 0 Å². The van der Waals surface area contributed by atoms with Crippen molar-refractivity contribution in [1.29, 1.82) is 0 Å². The summed E-state index contributed by atoms with van der Waals surface area (Å²) in [7, 11) is 0. The maximum absolute atomic E-state index is 11.9. The highest BCUT2D eigenvalue weighted by Crippen LogP contribution is 2.18.